The van der Waals surface area contributed by atoms with Gasteiger partial charge in [-0.25, -0.2) is 14.8 Å². The van der Waals surface area contributed by atoms with Crippen molar-refractivity contribution in [1.29, 1.82) is 0 Å². The van der Waals surface area contributed by atoms with Gasteiger partial charge in [-0.15, -0.1) is 0 Å². The van der Waals surface area contributed by atoms with Crippen molar-refractivity contribution in [1.82, 2.24) is 9.97 Å². The molecule has 0 aliphatic carbocycles. The van der Waals surface area contributed by atoms with E-state index in [9.17, 15) is 4.79 Å². The first-order valence-electron chi connectivity index (χ1n) is 5.54. The van der Waals surface area contributed by atoms with Gasteiger partial charge in [-0.3, -0.25) is 0 Å². The number of hydrogen-bond acceptors (Lipinski definition) is 5. The number of carboxylic acids is 1. The van der Waals surface area contributed by atoms with Crippen LogP contribution in [-0.4, -0.2) is 28.2 Å². The maximum absolute atomic E-state index is 11.0. The number of nitrogens with two attached hydrogens (primary N) is 1. The summed E-state index contributed by atoms with van der Waals surface area (Å²) in [5, 5.41) is 8.98. The van der Waals surface area contributed by atoms with Crippen molar-refractivity contribution in [3.05, 3.63) is 35.5 Å². The van der Waals surface area contributed by atoms with E-state index in [4.69, 9.17) is 15.6 Å². The van der Waals surface area contributed by atoms with Gasteiger partial charge < -0.3 is 15.6 Å². The van der Waals surface area contributed by atoms with Crippen LogP contribution in [0.2, 0.25) is 0 Å². The Morgan fingerprint density at radius 2 is 2.05 bits per heavy atom. The molecular weight excluding hydrogens is 246 g/mol. The highest BCUT2D eigenvalue weighted by Crippen LogP contribution is 2.30. The second kappa shape index (κ2) is 4.93. The summed E-state index contributed by atoms with van der Waals surface area (Å²) in [4.78, 5) is 18.7. The normalized spacial score (nSPS) is 10.2. The second-order valence-corrected chi connectivity index (χ2v) is 4.01. The Balaban J connectivity index is 2.64. The maximum Gasteiger partial charge on any atom is 0.354 e. The number of aryl methyl sites for hydroxylation is 1. The van der Waals surface area contributed by atoms with Gasteiger partial charge in [0.25, 0.3) is 0 Å². The number of nitrogen functional groups attached to an aromatic ring is 1. The zero-order valence-electron chi connectivity index (χ0n) is 10.5. The van der Waals surface area contributed by atoms with E-state index < -0.39 is 5.97 Å². The van der Waals surface area contributed by atoms with Crippen LogP contribution >= 0.6 is 0 Å². The third-order valence-electron chi connectivity index (χ3n) is 2.59. The molecule has 0 spiro atoms. The number of benzene rings is 1. The second-order valence-electron chi connectivity index (χ2n) is 4.01. The van der Waals surface area contributed by atoms with Crippen LogP contribution < -0.4 is 10.5 Å². The standard InChI is InChI=1S/C13H13N3O3/c1-7-3-4-11(19-2)8(5-7)9-6-10(12(17)18)16-13(14)15-9/h3-6H,1-2H3,(H,17,18)(H2,14,15,16). The number of aromatic carboxylic acids is 1. The molecule has 0 atom stereocenters. The number of rotatable bonds is 3. The molecule has 0 saturated carbocycles. The summed E-state index contributed by atoms with van der Waals surface area (Å²) in [5.74, 6) is -0.638. The van der Waals surface area contributed by atoms with Gasteiger partial charge in [-0.1, -0.05) is 11.6 Å². The SMILES string of the molecule is COc1ccc(C)cc1-c1cc(C(=O)O)nc(N)n1. The number of anilines is 1. The number of methoxy groups -OCH3 is 1. The molecule has 1 aromatic heterocycles. The maximum atomic E-state index is 11.0. The quantitative estimate of drug-likeness (QED) is 0.871. The molecule has 0 radical (unpaired) electrons. The summed E-state index contributed by atoms with van der Waals surface area (Å²) in [6.45, 7) is 1.92. The summed E-state index contributed by atoms with van der Waals surface area (Å²) < 4.78 is 5.25. The van der Waals surface area contributed by atoms with Crippen molar-refractivity contribution in [3.8, 4) is 17.0 Å². The van der Waals surface area contributed by atoms with E-state index in [1.165, 1.54) is 13.2 Å². The molecule has 2 aromatic rings. The molecular formula is C13H13N3O3. The van der Waals surface area contributed by atoms with Gasteiger partial charge in [0.1, 0.15) is 5.75 Å². The van der Waals surface area contributed by atoms with Gasteiger partial charge in [-0.2, -0.15) is 0 Å². The van der Waals surface area contributed by atoms with Crippen LogP contribution in [0.25, 0.3) is 11.3 Å². The molecule has 0 bridgehead atoms. The van der Waals surface area contributed by atoms with E-state index in [1.54, 1.807) is 6.07 Å². The first-order valence-corrected chi connectivity index (χ1v) is 5.54. The number of aromatic nitrogens is 2. The molecule has 98 valence electrons. The van der Waals surface area contributed by atoms with Crippen LogP contribution in [0.3, 0.4) is 0 Å². The highest BCUT2D eigenvalue weighted by molar-refractivity contribution is 5.87. The molecule has 19 heavy (non-hydrogen) atoms. The van der Waals surface area contributed by atoms with Crippen LogP contribution in [0.4, 0.5) is 5.95 Å². The first kappa shape index (κ1) is 12.8. The minimum absolute atomic E-state index is 0.0848. The molecule has 0 amide bonds. The van der Waals surface area contributed by atoms with Crippen LogP contribution in [0.1, 0.15) is 16.1 Å². The molecule has 1 aromatic carbocycles. The van der Waals surface area contributed by atoms with E-state index in [0.717, 1.165) is 5.56 Å². The predicted octanol–water partition coefficient (Wildman–Crippen LogP) is 1.74. The van der Waals surface area contributed by atoms with E-state index in [0.29, 0.717) is 17.0 Å². The lowest BCUT2D eigenvalue weighted by atomic mass is 10.1. The van der Waals surface area contributed by atoms with Gasteiger partial charge in [0, 0.05) is 5.56 Å². The Hall–Kier alpha value is -2.63. The number of ether oxygens (including phenoxy) is 1. The van der Waals surface area contributed by atoms with E-state index in [-0.39, 0.29) is 11.6 Å². The monoisotopic (exact) mass is 259 g/mol. The van der Waals surface area contributed by atoms with Crippen molar-refractivity contribution in [3.63, 3.8) is 0 Å². The van der Waals surface area contributed by atoms with Crippen LogP contribution in [-0.2, 0) is 0 Å². The largest absolute Gasteiger partial charge is 0.496 e. The lowest BCUT2D eigenvalue weighted by Gasteiger charge is -2.09. The Bertz CT molecular complexity index is 641. The van der Waals surface area contributed by atoms with Gasteiger partial charge >= 0.3 is 5.97 Å². The third-order valence-corrected chi connectivity index (χ3v) is 2.59. The van der Waals surface area contributed by atoms with Crippen molar-refractivity contribution >= 4 is 11.9 Å². The minimum Gasteiger partial charge on any atom is -0.496 e. The first-order chi connectivity index (χ1) is 9.01. The fourth-order valence-electron chi connectivity index (χ4n) is 1.74. The van der Waals surface area contributed by atoms with Crippen molar-refractivity contribution in [2.75, 3.05) is 12.8 Å². The number of carbonyl (C=O) groups is 1. The summed E-state index contributed by atoms with van der Waals surface area (Å²) in [5.41, 5.74) is 7.50. The Kier molecular flexibility index (Phi) is 3.33. The average molecular weight is 259 g/mol. The average Bonchev–Trinajstić information content (AvgIpc) is 2.37. The smallest absolute Gasteiger partial charge is 0.354 e. The summed E-state index contributed by atoms with van der Waals surface area (Å²) in [7, 11) is 1.54. The number of nitrogens with zero attached hydrogens (tertiary/aromatic N) is 2. The van der Waals surface area contributed by atoms with E-state index in [2.05, 4.69) is 9.97 Å². The summed E-state index contributed by atoms with van der Waals surface area (Å²) in [6, 6.07) is 6.91. The molecule has 0 aliphatic rings. The zero-order valence-corrected chi connectivity index (χ0v) is 10.5. The Morgan fingerprint density at radius 3 is 2.68 bits per heavy atom. The molecule has 0 unspecified atom stereocenters. The number of hydrogen-bond donors (Lipinski definition) is 2. The van der Waals surface area contributed by atoms with Gasteiger partial charge in [0.05, 0.1) is 12.8 Å². The third kappa shape index (κ3) is 2.62. The topological polar surface area (TPSA) is 98.3 Å². The van der Waals surface area contributed by atoms with E-state index >= 15 is 0 Å². The summed E-state index contributed by atoms with van der Waals surface area (Å²) >= 11 is 0. The molecule has 0 saturated heterocycles. The van der Waals surface area contributed by atoms with Crippen molar-refractivity contribution in [2.45, 2.75) is 6.92 Å². The predicted molar refractivity (Wildman–Crippen MR) is 70.1 cm³/mol. The fourth-order valence-corrected chi connectivity index (χ4v) is 1.74. The molecule has 3 N–H and O–H groups in total. The molecule has 0 fully saturated rings. The van der Waals surface area contributed by atoms with Gasteiger partial charge in [0.2, 0.25) is 5.95 Å². The minimum atomic E-state index is -1.15. The zero-order chi connectivity index (χ0) is 14.0. The molecule has 6 nitrogen and oxygen atoms in total. The van der Waals surface area contributed by atoms with Crippen LogP contribution in [0.15, 0.2) is 24.3 Å². The molecule has 0 aliphatic heterocycles. The van der Waals surface area contributed by atoms with Gasteiger partial charge in [0.15, 0.2) is 5.69 Å². The Morgan fingerprint density at radius 1 is 1.32 bits per heavy atom. The lowest BCUT2D eigenvalue weighted by molar-refractivity contribution is 0.0690. The molecule has 6 heteroatoms. The highest BCUT2D eigenvalue weighted by Gasteiger charge is 2.13. The Labute approximate surface area is 109 Å². The molecule has 2 rings (SSSR count). The lowest BCUT2D eigenvalue weighted by Crippen LogP contribution is -2.06. The number of carboxylic acid groups (broad SMARTS) is 1. The highest BCUT2D eigenvalue weighted by atomic mass is 16.5. The molecule has 1 heterocycles. The van der Waals surface area contributed by atoms with Crippen molar-refractivity contribution in [2.24, 2.45) is 0 Å². The fraction of sp³-hybridized carbons (Fsp3) is 0.154. The van der Waals surface area contributed by atoms with Crippen LogP contribution in [0.5, 0.6) is 5.75 Å². The van der Waals surface area contributed by atoms with E-state index in [1.807, 2.05) is 19.1 Å². The van der Waals surface area contributed by atoms with Gasteiger partial charge in [-0.05, 0) is 25.1 Å². The van der Waals surface area contributed by atoms with Crippen LogP contribution in [0, 0.1) is 6.92 Å². The summed E-state index contributed by atoms with van der Waals surface area (Å²) in [6.07, 6.45) is 0. The van der Waals surface area contributed by atoms with Crippen molar-refractivity contribution < 1.29 is 14.6 Å².